The lowest BCUT2D eigenvalue weighted by Gasteiger charge is -2.32. The molecular weight excluding hydrogens is 316 g/mol. The molecule has 0 aliphatic carbocycles. The Bertz CT molecular complexity index is 650. The minimum atomic E-state index is -3.68. The number of sulfonamides is 1. The molecule has 0 aromatic heterocycles. The zero-order valence-electron chi connectivity index (χ0n) is 11.4. The number of anilines is 1. The summed E-state index contributed by atoms with van der Waals surface area (Å²) in [6.45, 7) is 2.27. The third kappa shape index (κ3) is 3.12. The van der Waals surface area contributed by atoms with Gasteiger partial charge in [0.2, 0.25) is 10.0 Å². The predicted octanol–water partition coefficient (Wildman–Crippen LogP) is 1.01. The molecule has 8 nitrogen and oxygen atoms in total. The van der Waals surface area contributed by atoms with E-state index in [4.69, 9.17) is 5.84 Å². The summed E-state index contributed by atoms with van der Waals surface area (Å²) in [6, 6.07) is 3.47. The van der Waals surface area contributed by atoms with Crippen molar-refractivity contribution in [1.29, 1.82) is 0 Å². The number of hydrogen-bond acceptors (Lipinski definition) is 7. The van der Waals surface area contributed by atoms with Gasteiger partial charge < -0.3 is 5.43 Å². The number of nitrogen functional groups attached to an aromatic ring is 1. The fraction of sp³-hybridized carbons (Fsp3) is 0.455. The number of hydrazine groups is 1. The normalized spacial score (nSPS) is 20.2. The highest BCUT2D eigenvalue weighted by molar-refractivity contribution is 7.99. The van der Waals surface area contributed by atoms with Gasteiger partial charge in [-0.3, -0.25) is 16.0 Å². The van der Waals surface area contributed by atoms with Gasteiger partial charge >= 0.3 is 0 Å². The van der Waals surface area contributed by atoms with Crippen molar-refractivity contribution in [3.05, 3.63) is 28.3 Å². The van der Waals surface area contributed by atoms with Gasteiger partial charge in [0.1, 0.15) is 5.69 Å². The van der Waals surface area contributed by atoms with Gasteiger partial charge in [0.25, 0.3) is 5.69 Å². The molecule has 1 aromatic carbocycles. The van der Waals surface area contributed by atoms with Crippen LogP contribution in [0.1, 0.15) is 6.92 Å². The molecule has 1 atom stereocenters. The fourth-order valence-electron chi connectivity index (χ4n) is 2.15. The van der Waals surface area contributed by atoms with Gasteiger partial charge in [0.15, 0.2) is 0 Å². The second-order valence-electron chi connectivity index (χ2n) is 4.62. The van der Waals surface area contributed by atoms with E-state index in [-0.39, 0.29) is 22.3 Å². The van der Waals surface area contributed by atoms with Gasteiger partial charge in [0.05, 0.1) is 9.82 Å². The van der Waals surface area contributed by atoms with Crippen molar-refractivity contribution in [3.63, 3.8) is 0 Å². The van der Waals surface area contributed by atoms with E-state index in [1.165, 1.54) is 16.4 Å². The highest BCUT2D eigenvalue weighted by Gasteiger charge is 2.32. The van der Waals surface area contributed by atoms with E-state index in [0.717, 1.165) is 17.6 Å². The summed E-state index contributed by atoms with van der Waals surface area (Å²) in [6.07, 6.45) is 0. The molecule has 1 fully saturated rings. The van der Waals surface area contributed by atoms with Crippen molar-refractivity contribution < 1.29 is 13.3 Å². The van der Waals surface area contributed by atoms with Crippen LogP contribution in [0.25, 0.3) is 0 Å². The van der Waals surface area contributed by atoms with Crippen LogP contribution in [-0.2, 0) is 10.0 Å². The third-order valence-corrected chi connectivity index (χ3v) is 6.43. The molecule has 1 aromatic rings. The molecule has 1 heterocycles. The van der Waals surface area contributed by atoms with Crippen molar-refractivity contribution in [3.8, 4) is 0 Å². The van der Waals surface area contributed by atoms with Crippen LogP contribution < -0.4 is 11.3 Å². The van der Waals surface area contributed by atoms with Gasteiger partial charge in [-0.05, 0) is 19.1 Å². The van der Waals surface area contributed by atoms with E-state index >= 15 is 0 Å². The van der Waals surface area contributed by atoms with Crippen molar-refractivity contribution in [2.24, 2.45) is 5.84 Å². The molecule has 0 bridgehead atoms. The molecule has 21 heavy (non-hydrogen) atoms. The van der Waals surface area contributed by atoms with E-state index < -0.39 is 14.9 Å². The quantitative estimate of drug-likeness (QED) is 0.480. The fourth-order valence-corrected chi connectivity index (χ4v) is 5.04. The molecule has 0 spiro atoms. The molecule has 1 aliphatic rings. The summed E-state index contributed by atoms with van der Waals surface area (Å²) in [5, 5.41) is 10.8. The average Bonchev–Trinajstić information content (AvgIpc) is 2.46. The Morgan fingerprint density at radius 2 is 2.24 bits per heavy atom. The van der Waals surface area contributed by atoms with Gasteiger partial charge in [-0.1, -0.05) is 0 Å². The Balaban J connectivity index is 2.43. The predicted molar refractivity (Wildman–Crippen MR) is 81.6 cm³/mol. The largest absolute Gasteiger partial charge is 0.318 e. The molecule has 0 radical (unpaired) electrons. The van der Waals surface area contributed by atoms with Gasteiger partial charge in [-0.2, -0.15) is 16.1 Å². The highest BCUT2D eigenvalue weighted by atomic mass is 32.2. The molecule has 3 N–H and O–H groups in total. The van der Waals surface area contributed by atoms with Crippen molar-refractivity contribution in [2.75, 3.05) is 23.5 Å². The zero-order valence-corrected chi connectivity index (χ0v) is 13.0. The van der Waals surface area contributed by atoms with E-state index in [9.17, 15) is 18.5 Å². The van der Waals surface area contributed by atoms with Crippen molar-refractivity contribution in [1.82, 2.24) is 4.31 Å². The molecule has 2 rings (SSSR count). The number of benzene rings is 1. The first-order chi connectivity index (χ1) is 9.87. The van der Waals surface area contributed by atoms with Crippen molar-refractivity contribution in [2.45, 2.75) is 17.9 Å². The maximum Gasteiger partial charge on any atom is 0.293 e. The molecule has 1 saturated heterocycles. The standard InChI is InChI=1S/C11H16N4O4S2/c1-8-7-20-5-4-14(8)21(18,19)9-2-3-11(15(16)17)10(6-9)13-12/h2-3,6,8,13H,4-5,7,12H2,1H3. The molecule has 1 aliphatic heterocycles. The van der Waals surface area contributed by atoms with Gasteiger partial charge in [0, 0.05) is 30.2 Å². The number of nitrogens with zero attached hydrogens (tertiary/aromatic N) is 2. The Morgan fingerprint density at radius 3 is 2.81 bits per heavy atom. The maximum atomic E-state index is 12.6. The van der Waals surface area contributed by atoms with Crippen LogP contribution in [0.15, 0.2) is 23.1 Å². The van der Waals surface area contributed by atoms with E-state index in [1.54, 1.807) is 11.8 Å². The Labute approximate surface area is 126 Å². The molecule has 1 unspecified atom stereocenters. The summed E-state index contributed by atoms with van der Waals surface area (Å²) in [7, 11) is -3.68. The number of hydrogen-bond donors (Lipinski definition) is 2. The van der Waals surface area contributed by atoms with Crippen LogP contribution in [0.4, 0.5) is 11.4 Å². The first-order valence-corrected chi connectivity index (χ1v) is 8.82. The number of nitrogens with one attached hydrogen (secondary N) is 1. The summed E-state index contributed by atoms with van der Waals surface area (Å²) >= 11 is 1.70. The van der Waals surface area contributed by atoms with Gasteiger partial charge in [-0.25, -0.2) is 8.42 Å². The van der Waals surface area contributed by atoms with E-state index in [1.807, 2.05) is 6.92 Å². The Kier molecular flexibility index (Phi) is 4.71. The number of rotatable bonds is 4. The molecule has 0 amide bonds. The van der Waals surface area contributed by atoms with Crippen LogP contribution in [0.3, 0.4) is 0 Å². The summed E-state index contributed by atoms with van der Waals surface area (Å²) < 4.78 is 26.7. The van der Waals surface area contributed by atoms with Crippen molar-refractivity contribution >= 4 is 33.2 Å². The van der Waals surface area contributed by atoms with Crippen LogP contribution in [0.5, 0.6) is 0 Å². The Hall–Kier alpha value is -1.36. The minimum Gasteiger partial charge on any atom is -0.318 e. The van der Waals surface area contributed by atoms with E-state index in [2.05, 4.69) is 5.43 Å². The third-order valence-electron chi connectivity index (χ3n) is 3.23. The smallest absolute Gasteiger partial charge is 0.293 e. The van der Waals surface area contributed by atoms with E-state index in [0.29, 0.717) is 6.54 Å². The zero-order chi connectivity index (χ0) is 15.6. The lowest BCUT2D eigenvalue weighted by atomic mass is 10.3. The first kappa shape index (κ1) is 16.0. The number of nitro benzene ring substituents is 1. The lowest BCUT2D eigenvalue weighted by Crippen LogP contribution is -2.44. The molecule has 10 heteroatoms. The Morgan fingerprint density at radius 1 is 1.52 bits per heavy atom. The molecule has 116 valence electrons. The van der Waals surface area contributed by atoms with Crippen LogP contribution in [0.2, 0.25) is 0 Å². The topological polar surface area (TPSA) is 119 Å². The second kappa shape index (κ2) is 6.18. The second-order valence-corrected chi connectivity index (χ2v) is 7.66. The summed E-state index contributed by atoms with van der Waals surface area (Å²) in [5.41, 5.74) is 1.88. The number of nitrogens with two attached hydrogens (primary N) is 1. The van der Waals surface area contributed by atoms with Crippen LogP contribution >= 0.6 is 11.8 Å². The monoisotopic (exact) mass is 332 g/mol. The lowest BCUT2D eigenvalue weighted by molar-refractivity contribution is -0.384. The average molecular weight is 332 g/mol. The minimum absolute atomic E-state index is 0.000185. The van der Waals surface area contributed by atoms with Crippen LogP contribution in [-0.4, -0.2) is 41.7 Å². The number of nitro groups is 1. The highest BCUT2D eigenvalue weighted by Crippen LogP contribution is 2.30. The SMILES string of the molecule is CC1CSCCN1S(=O)(=O)c1ccc([N+](=O)[O-])c(NN)c1. The van der Waals surface area contributed by atoms with Crippen LogP contribution in [0, 0.1) is 10.1 Å². The molecule has 0 saturated carbocycles. The maximum absolute atomic E-state index is 12.6. The first-order valence-electron chi connectivity index (χ1n) is 6.22. The summed E-state index contributed by atoms with van der Waals surface area (Å²) in [4.78, 5) is 10.2. The van der Waals surface area contributed by atoms with Gasteiger partial charge in [-0.15, -0.1) is 0 Å². The molecular formula is C11H16N4O4S2. The summed E-state index contributed by atoms with van der Waals surface area (Å²) in [5.74, 6) is 6.71. The number of thioether (sulfide) groups is 1.